The van der Waals surface area contributed by atoms with Gasteiger partial charge in [0.05, 0.1) is 86.0 Å². The molecule has 0 rings (SSSR count). The molecule has 0 N–H and O–H groups in total. The normalized spacial score (nSPS) is 10.8. The zero-order valence-electron chi connectivity index (χ0n) is 50.1. The van der Waals surface area contributed by atoms with Crippen LogP contribution >= 0.6 is 0 Å². The van der Waals surface area contributed by atoms with Gasteiger partial charge in [-0.2, -0.15) is 0 Å². The summed E-state index contributed by atoms with van der Waals surface area (Å²) in [6, 6.07) is 0. The van der Waals surface area contributed by atoms with Gasteiger partial charge in [0.2, 0.25) is 0 Å². The number of hydrogen-bond acceptors (Lipinski definition) is 26. The lowest BCUT2D eigenvalue weighted by atomic mass is 10.3. The molecule has 0 aliphatic carbocycles. The summed E-state index contributed by atoms with van der Waals surface area (Å²) in [4.78, 5) is 55.1. The molecule has 0 amide bonds. The van der Waals surface area contributed by atoms with E-state index in [0.29, 0.717) is 191 Å². The molecule has 0 saturated carbocycles. The van der Waals surface area contributed by atoms with E-state index in [1.54, 1.807) is 0 Å². The molecule has 0 heterocycles. The fourth-order valence-electron chi connectivity index (χ4n) is 7.67. The fraction of sp³-hybridized carbons (Fsp3) is 1.00. The van der Waals surface area contributed by atoms with Crippen molar-refractivity contribution in [1.82, 2.24) is 29.4 Å². The maximum atomic E-state index is 8.72. The first kappa shape index (κ1) is 80.1. The number of rotatable bonds is 70. The third-order valence-electron chi connectivity index (χ3n) is 11.8. The van der Waals surface area contributed by atoms with Crippen LogP contribution in [0.4, 0.5) is 0 Å². The molecular formula is C45H90N30O12. The van der Waals surface area contributed by atoms with Gasteiger partial charge in [-0.1, -0.05) is 20.5 Å². The SMILES string of the molecule is [N-]=[N+]=NCCOCCCN(CCCOCCN=[N+]=[N-])CCN(CCN(CCCOCCN=[N+]=[N-])CCCOCCN=[N+]=[N-])CN(CCN(CCOCCON=[N+]=[N-])CCOCCON=[N+]=[N-])CCN(CCOCCON=[N+]=[N-])CCOCCON=[N+]=[N-]. The Labute approximate surface area is 506 Å². The molecule has 0 aromatic carbocycles. The summed E-state index contributed by atoms with van der Waals surface area (Å²) in [6.07, 6.45) is 2.89. The lowest BCUT2D eigenvalue weighted by Gasteiger charge is -2.36. The van der Waals surface area contributed by atoms with Crippen LogP contribution < -0.4 is 0 Å². The fourth-order valence-corrected chi connectivity index (χ4v) is 7.67. The van der Waals surface area contributed by atoms with Crippen molar-refractivity contribution in [3.63, 3.8) is 0 Å². The smallest absolute Gasteiger partial charge is 0.120 e. The van der Waals surface area contributed by atoms with Crippen LogP contribution in [-0.2, 0) is 57.2 Å². The van der Waals surface area contributed by atoms with Gasteiger partial charge in [-0.25, -0.2) is 0 Å². The molecule has 0 bridgehead atoms. The zero-order valence-corrected chi connectivity index (χ0v) is 50.1. The van der Waals surface area contributed by atoms with Crippen molar-refractivity contribution in [2.75, 3.05) is 270 Å². The summed E-state index contributed by atoms with van der Waals surface area (Å²) in [5.41, 5.74) is 69.3. The summed E-state index contributed by atoms with van der Waals surface area (Å²) in [5.74, 6) is 0. The first-order valence-corrected chi connectivity index (χ1v) is 28.7. The Kier molecular flexibility index (Phi) is 62.8. The van der Waals surface area contributed by atoms with Gasteiger partial charge in [-0.15, -0.1) is 0 Å². The van der Waals surface area contributed by atoms with Gasteiger partial charge in [0, 0.05) is 197 Å². The average Bonchev–Trinajstić information content (AvgIpc) is 3.55. The van der Waals surface area contributed by atoms with Gasteiger partial charge in [-0.05, 0) is 69.9 Å². The molecule has 42 nitrogen and oxygen atoms in total. The molecular weight excluding hydrogens is 1150 g/mol. The molecule has 87 heavy (non-hydrogen) atoms. The van der Waals surface area contributed by atoms with Crippen LogP contribution in [-0.4, -0.2) is 299 Å². The van der Waals surface area contributed by atoms with E-state index in [-0.39, 0.29) is 79.0 Å². The zero-order chi connectivity index (χ0) is 63.1. The Morgan fingerprint density at radius 2 is 0.425 bits per heavy atom. The minimum absolute atomic E-state index is 0.0784. The Morgan fingerprint density at radius 1 is 0.207 bits per heavy atom. The lowest BCUT2D eigenvalue weighted by Crippen LogP contribution is -2.49. The summed E-state index contributed by atoms with van der Waals surface area (Å²) in [6.45, 7) is 17.0. The minimum Gasteiger partial charge on any atom is -0.431 e. The third-order valence-corrected chi connectivity index (χ3v) is 11.8. The maximum Gasteiger partial charge on any atom is 0.120 e. The Bertz CT molecular complexity index is 1630. The van der Waals surface area contributed by atoms with E-state index >= 15 is 0 Å². The van der Waals surface area contributed by atoms with Crippen LogP contribution in [0.1, 0.15) is 25.7 Å². The average molecular weight is 1240 g/mol. The molecule has 0 saturated heterocycles. The van der Waals surface area contributed by atoms with E-state index in [9.17, 15) is 0 Å². The van der Waals surface area contributed by atoms with Crippen molar-refractivity contribution < 1.29 is 57.2 Å². The first-order valence-electron chi connectivity index (χ1n) is 28.7. The monoisotopic (exact) mass is 1240 g/mol. The highest BCUT2D eigenvalue weighted by Gasteiger charge is 2.19. The number of hydrogen-bond donors (Lipinski definition) is 0. The van der Waals surface area contributed by atoms with Crippen molar-refractivity contribution in [2.45, 2.75) is 25.7 Å². The van der Waals surface area contributed by atoms with Gasteiger partial charge in [0.15, 0.2) is 0 Å². The molecule has 492 valence electrons. The van der Waals surface area contributed by atoms with Gasteiger partial charge < -0.3 is 67.0 Å². The van der Waals surface area contributed by atoms with Crippen LogP contribution in [0.3, 0.4) is 0 Å². The van der Waals surface area contributed by atoms with E-state index in [2.05, 4.69) is 110 Å². The molecule has 0 fully saturated rings. The Balaban J connectivity index is 7.23. The van der Waals surface area contributed by atoms with Crippen molar-refractivity contribution in [2.24, 2.45) is 41.6 Å². The molecule has 0 unspecified atom stereocenters. The van der Waals surface area contributed by atoms with Crippen LogP contribution in [0.2, 0.25) is 0 Å². The molecule has 0 aromatic heterocycles. The summed E-state index contributed by atoms with van der Waals surface area (Å²) in [5, 5.41) is 26.7. The second-order valence-corrected chi connectivity index (χ2v) is 17.9. The van der Waals surface area contributed by atoms with E-state index in [1.165, 1.54) is 0 Å². The summed E-state index contributed by atoms with van der Waals surface area (Å²) < 4.78 is 46.5. The topological polar surface area (TPSA) is 520 Å². The predicted molar refractivity (Wildman–Crippen MR) is 315 cm³/mol. The van der Waals surface area contributed by atoms with Crippen LogP contribution in [0.25, 0.3) is 83.5 Å². The Morgan fingerprint density at radius 3 is 0.655 bits per heavy atom. The molecule has 0 aliphatic rings. The second-order valence-electron chi connectivity index (χ2n) is 17.9. The highest BCUT2D eigenvalue weighted by atomic mass is 16.7. The summed E-state index contributed by atoms with van der Waals surface area (Å²) in [7, 11) is 0. The van der Waals surface area contributed by atoms with Crippen LogP contribution in [0, 0.1) is 0 Å². The van der Waals surface area contributed by atoms with Gasteiger partial charge in [-0.3, -0.25) is 19.6 Å². The van der Waals surface area contributed by atoms with E-state index in [0.717, 1.165) is 25.7 Å². The molecule has 0 atom stereocenters. The van der Waals surface area contributed by atoms with Gasteiger partial charge >= 0.3 is 0 Å². The van der Waals surface area contributed by atoms with Gasteiger partial charge in [0.25, 0.3) is 0 Å². The predicted octanol–water partition coefficient (Wildman–Crippen LogP) is 6.66. The largest absolute Gasteiger partial charge is 0.431 e. The highest BCUT2D eigenvalue weighted by molar-refractivity contribution is 4.73. The highest BCUT2D eigenvalue weighted by Crippen LogP contribution is 2.06. The molecule has 0 aliphatic heterocycles. The van der Waals surface area contributed by atoms with Gasteiger partial charge in [0.1, 0.15) is 47.5 Å². The standard InChI is InChI=1S/C45H90N30O12/c46-58-54-5-29-76-25-1-9-70(10-2-26-77-30-6-55-59-47)13-17-74(18-14-71(11-3-27-78-31-7-56-60-48)12-4-28-79-32-8-57-61-49)45-75(19-15-72(21-33-80-37-41-84-66-62-50)22-34-81-38-42-85-67-63-51)20-16-73(23-35-82-39-43-86-68-64-52)24-36-83-40-44-87-69-65-53/h1-45H2. The lowest BCUT2D eigenvalue weighted by molar-refractivity contribution is 0.0160. The van der Waals surface area contributed by atoms with Crippen LogP contribution in [0.5, 0.6) is 0 Å². The number of azide groups is 8. The van der Waals surface area contributed by atoms with E-state index in [4.69, 9.17) is 101 Å². The summed E-state index contributed by atoms with van der Waals surface area (Å²) >= 11 is 0. The Hall–Kier alpha value is -6.88. The molecule has 0 spiro atoms. The maximum absolute atomic E-state index is 8.72. The number of ether oxygens (including phenoxy) is 8. The van der Waals surface area contributed by atoms with E-state index in [1.807, 2.05) is 0 Å². The van der Waals surface area contributed by atoms with E-state index < -0.39 is 0 Å². The van der Waals surface area contributed by atoms with Crippen molar-refractivity contribution >= 4 is 0 Å². The second kappa shape index (κ2) is 68.2. The minimum atomic E-state index is 0.0784. The van der Waals surface area contributed by atoms with Crippen LogP contribution in [0.15, 0.2) is 41.6 Å². The first-order chi connectivity index (χ1) is 43.0. The molecule has 42 heteroatoms. The van der Waals surface area contributed by atoms with Crippen molar-refractivity contribution in [3.05, 3.63) is 83.5 Å². The quantitative estimate of drug-likeness (QED) is 0.0153. The molecule has 0 aromatic rings. The third kappa shape index (κ3) is 59.2. The number of nitrogens with zero attached hydrogens (tertiary/aromatic N) is 30. The van der Waals surface area contributed by atoms with Crippen molar-refractivity contribution in [1.29, 1.82) is 0 Å². The van der Waals surface area contributed by atoms with Crippen molar-refractivity contribution in [3.8, 4) is 0 Å². The molecule has 0 radical (unpaired) electrons.